The first-order chi connectivity index (χ1) is 9.65. The van der Waals surface area contributed by atoms with E-state index in [4.69, 9.17) is 5.73 Å². The van der Waals surface area contributed by atoms with Crippen molar-refractivity contribution in [3.05, 3.63) is 58.8 Å². The summed E-state index contributed by atoms with van der Waals surface area (Å²) in [6, 6.07) is 12.0. The fourth-order valence-corrected chi connectivity index (χ4v) is 2.78. The summed E-state index contributed by atoms with van der Waals surface area (Å²) in [7, 11) is 0. The summed E-state index contributed by atoms with van der Waals surface area (Å²) in [5.41, 5.74) is 9.99. The molecule has 0 aliphatic rings. The summed E-state index contributed by atoms with van der Waals surface area (Å²) in [6.45, 7) is 2.07. The van der Waals surface area contributed by atoms with Gasteiger partial charge >= 0.3 is 0 Å². The molecule has 0 bridgehead atoms. The highest BCUT2D eigenvalue weighted by molar-refractivity contribution is 9.10. The number of anilines is 3. The Labute approximate surface area is 126 Å². The molecule has 0 amide bonds. The van der Waals surface area contributed by atoms with E-state index in [1.54, 1.807) is 6.20 Å². The minimum atomic E-state index is 0.760. The molecule has 20 heavy (non-hydrogen) atoms. The number of hydrogen-bond donors (Lipinski definition) is 2. The predicted octanol–water partition coefficient (Wildman–Crippen LogP) is 4.63. The summed E-state index contributed by atoms with van der Waals surface area (Å²) in [5, 5.41) is 5.45. The van der Waals surface area contributed by atoms with Gasteiger partial charge in [0.25, 0.3) is 0 Å². The van der Waals surface area contributed by atoms with E-state index in [0.29, 0.717) is 0 Å². The molecular weight excluding hydrogens is 314 g/mol. The molecule has 3 aromatic rings. The fraction of sp³-hybridized carbons (Fsp3) is 0.0625. The zero-order valence-corrected chi connectivity index (χ0v) is 12.6. The van der Waals surface area contributed by atoms with E-state index in [9.17, 15) is 0 Å². The predicted molar refractivity (Wildman–Crippen MR) is 88.3 cm³/mol. The second-order valence-corrected chi connectivity index (χ2v) is 5.59. The van der Waals surface area contributed by atoms with Crippen LogP contribution in [0.25, 0.3) is 10.8 Å². The Morgan fingerprint density at radius 1 is 1.05 bits per heavy atom. The molecule has 0 unspecified atom stereocenters. The van der Waals surface area contributed by atoms with Crippen molar-refractivity contribution < 1.29 is 0 Å². The maximum atomic E-state index is 6.00. The van der Waals surface area contributed by atoms with Crippen LogP contribution >= 0.6 is 15.9 Å². The smallest absolute Gasteiger partial charge is 0.0529 e. The molecule has 0 saturated heterocycles. The number of nitrogens with one attached hydrogen (secondary N) is 1. The minimum absolute atomic E-state index is 0.760. The Balaban J connectivity index is 2.09. The van der Waals surface area contributed by atoms with Crippen LogP contribution in [0.3, 0.4) is 0 Å². The Morgan fingerprint density at radius 3 is 2.65 bits per heavy atom. The molecule has 4 heteroatoms. The third kappa shape index (κ3) is 2.34. The van der Waals surface area contributed by atoms with Crippen LogP contribution in [0.2, 0.25) is 0 Å². The molecule has 0 saturated carbocycles. The van der Waals surface area contributed by atoms with E-state index in [2.05, 4.69) is 51.4 Å². The number of aryl methyl sites for hydroxylation is 1. The molecule has 3 nitrogen and oxygen atoms in total. The monoisotopic (exact) mass is 327 g/mol. The SMILES string of the molecule is Cc1ccc(Nc2ccc(N)c3ccncc23)c(Br)c1. The summed E-state index contributed by atoms with van der Waals surface area (Å²) >= 11 is 3.58. The van der Waals surface area contributed by atoms with Gasteiger partial charge in [-0.05, 0) is 58.7 Å². The Kier molecular flexibility index (Phi) is 3.32. The van der Waals surface area contributed by atoms with E-state index in [0.717, 1.165) is 32.3 Å². The lowest BCUT2D eigenvalue weighted by Gasteiger charge is -2.12. The minimum Gasteiger partial charge on any atom is -0.398 e. The molecule has 1 aromatic heterocycles. The van der Waals surface area contributed by atoms with Crippen LogP contribution in [-0.4, -0.2) is 4.98 Å². The highest BCUT2D eigenvalue weighted by atomic mass is 79.9. The van der Waals surface area contributed by atoms with Gasteiger partial charge in [-0.15, -0.1) is 0 Å². The summed E-state index contributed by atoms with van der Waals surface area (Å²) < 4.78 is 1.03. The van der Waals surface area contributed by atoms with Gasteiger partial charge in [0.15, 0.2) is 0 Å². The van der Waals surface area contributed by atoms with Crippen molar-refractivity contribution in [2.24, 2.45) is 0 Å². The molecule has 2 aromatic carbocycles. The normalized spacial score (nSPS) is 10.7. The number of nitrogens with two attached hydrogens (primary N) is 1. The topological polar surface area (TPSA) is 50.9 Å². The number of aromatic nitrogens is 1. The van der Waals surface area contributed by atoms with Gasteiger partial charge in [0, 0.05) is 39.0 Å². The second kappa shape index (κ2) is 5.13. The van der Waals surface area contributed by atoms with Gasteiger partial charge < -0.3 is 11.1 Å². The average Bonchev–Trinajstić information content (AvgIpc) is 2.45. The Morgan fingerprint density at radius 2 is 1.85 bits per heavy atom. The van der Waals surface area contributed by atoms with Crippen molar-refractivity contribution in [2.75, 3.05) is 11.1 Å². The fourth-order valence-electron chi connectivity index (χ4n) is 2.19. The highest BCUT2D eigenvalue weighted by Gasteiger charge is 2.06. The molecule has 0 fully saturated rings. The molecule has 0 atom stereocenters. The van der Waals surface area contributed by atoms with Crippen molar-refractivity contribution in [3.63, 3.8) is 0 Å². The number of halogens is 1. The summed E-state index contributed by atoms with van der Waals surface area (Å²) in [5.74, 6) is 0. The van der Waals surface area contributed by atoms with Gasteiger partial charge in [0.1, 0.15) is 0 Å². The summed E-state index contributed by atoms with van der Waals surface area (Å²) in [6.07, 6.45) is 3.58. The Hall–Kier alpha value is -2.07. The second-order valence-electron chi connectivity index (χ2n) is 4.73. The molecule has 3 N–H and O–H groups in total. The van der Waals surface area contributed by atoms with E-state index in [-0.39, 0.29) is 0 Å². The number of hydrogen-bond acceptors (Lipinski definition) is 3. The van der Waals surface area contributed by atoms with Crippen molar-refractivity contribution in [3.8, 4) is 0 Å². The van der Waals surface area contributed by atoms with E-state index < -0.39 is 0 Å². The van der Waals surface area contributed by atoms with Crippen molar-refractivity contribution in [1.29, 1.82) is 0 Å². The van der Waals surface area contributed by atoms with Crippen LogP contribution in [0, 0.1) is 6.92 Å². The van der Waals surface area contributed by atoms with Gasteiger partial charge in [0.2, 0.25) is 0 Å². The van der Waals surface area contributed by atoms with Crippen LogP contribution in [0.4, 0.5) is 17.1 Å². The molecule has 0 spiro atoms. The largest absolute Gasteiger partial charge is 0.398 e. The van der Waals surface area contributed by atoms with Gasteiger partial charge in [-0.25, -0.2) is 0 Å². The van der Waals surface area contributed by atoms with Crippen molar-refractivity contribution >= 4 is 43.8 Å². The molecule has 100 valence electrons. The lowest BCUT2D eigenvalue weighted by molar-refractivity contribution is 1.36. The van der Waals surface area contributed by atoms with Crippen molar-refractivity contribution in [1.82, 2.24) is 4.98 Å². The van der Waals surface area contributed by atoms with Gasteiger partial charge in [-0.2, -0.15) is 0 Å². The average molecular weight is 328 g/mol. The quantitative estimate of drug-likeness (QED) is 0.674. The van der Waals surface area contributed by atoms with Crippen LogP contribution in [0.5, 0.6) is 0 Å². The zero-order valence-electron chi connectivity index (χ0n) is 11.0. The molecular formula is C16H14BrN3. The maximum absolute atomic E-state index is 6.00. The highest BCUT2D eigenvalue weighted by Crippen LogP contribution is 2.32. The van der Waals surface area contributed by atoms with Gasteiger partial charge in [-0.3, -0.25) is 4.98 Å². The number of pyridine rings is 1. The molecule has 1 heterocycles. The standard InChI is InChI=1S/C16H14BrN3/c1-10-2-4-16(13(17)8-10)20-15-5-3-14(18)11-6-7-19-9-12(11)15/h2-9,20H,18H2,1H3. The number of benzene rings is 2. The summed E-state index contributed by atoms with van der Waals surface area (Å²) in [4.78, 5) is 4.19. The van der Waals surface area contributed by atoms with Crippen molar-refractivity contribution in [2.45, 2.75) is 6.92 Å². The molecule has 0 radical (unpaired) electrons. The lowest BCUT2D eigenvalue weighted by atomic mass is 10.1. The molecule has 0 aliphatic heterocycles. The van der Waals surface area contributed by atoms with Gasteiger partial charge in [-0.1, -0.05) is 6.07 Å². The van der Waals surface area contributed by atoms with Crippen LogP contribution in [0.15, 0.2) is 53.3 Å². The van der Waals surface area contributed by atoms with E-state index in [1.165, 1.54) is 5.56 Å². The lowest BCUT2D eigenvalue weighted by Crippen LogP contribution is -1.95. The van der Waals surface area contributed by atoms with Crippen LogP contribution < -0.4 is 11.1 Å². The third-order valence-corrected chi connectivity index (χ3v) is 3.90. The molecule has 0 aliphatic carbocycles. The first-order valence-corrected chi connectivity index (χ1v) is 7.10. The number of rotatable bonds is 2. The van der Waals surface area contributed by atoms with E-state index in [1.807, 2.05) is 24.4 Å². The number of fused-ring (bicyclic) bond motifs is 1. The van der Waals surface area contributed by atoms with Crippen LogP contribution in [-0.2, 0) is 0 Å². The molecule has 3 rings (SSSR count). The van der Waals surface area contributed by atoms with Crippen LogP contribution in [0.1, 0.15) is 5.56 Å². The maximum Gasteiger partial charge on any atom is 0.0529 e. The Bertz CT molecular complexity index is 784. The number of nitrogen functional groups attached to an aromatic ring is 1. The van der Waals surface area contributed by atoms with E-state index >= 15 is 0 Å². The van der Waals surface area contributed by atoms with Gasteiger partial charge in [0.05, 0.1) is 5.69 Å². The first-order valence-electron chi connectivity index (χ1n) is 6.30. The first kappa shape index (κ1) is 12.9. The number of nitrogens with zero attached hydrogens (tertiary/aromatic N) is 1. The zero-order chi connectivity index (χ0) is 14.1. The third-order valence-electron chi connectivity index (χ3n) is 3.25.